The topological polar surface area (TPSA) is 40.7 Å². The van der Waals surface area contributed by atoms with Crippen molar-refractivity contribution in [2.75, 3.05) is 5.32 Å². The SMILES string of the molecule is CCC(Cc1ccccc1)Nc1ccc2cn[nH]c2c1. The van der Waals surface area contributed by atoms with E-state index in [9.17, 15) is 0 Å². The molecule has 3 nitrogen and oxygen atoms in total. The monoisotopic (exact) mass is 265 g/mol. The highest BCUT2D eigenvalue weighted by Gasteiger charge is 2.08. The second-order valence-electron chi connectivity index (χ2n) is 5.11. The second kappa shape index (κ2) is 5.78. The summed E-state index contributed by atoms with van der Waals surface area (Å²) in [7, 11) is 0. The fraction of sp³-hybridized carbons (Fsp3) is 0.235. The lowest BCUT2D eigenvalue weighted by molar-refractivity contribution is 0.690. The number of hydrogen-bond donors (Lipinski definition) is 2. The molecule has 102 valence electrons. The maximum Gasteiger partial charge on any atom is 0.0670 e. The molecule has 3 aromatic rings. The van der Waals surface area contributed by atoms with Crippen molar-refractivity contribution in [2.45, 2.75) is 25.8 Å². The Balaban J connectivity index is 1.73. The minimum Gasteiger partial charge on any atom is -0.382 e. The van der Waals surface area contributed by atoms with Gasteiger partial charge < -0.3 is 5.32 Å². The Morgan fingerprint density at radius 3 is 2.80 bits per heavy atom. The molecule has 20 heavy (non-hydrogen) atoms. The van der Waals surface area contributed by atoms with Crippen molar-refractivity contribution in [2.24, 2.45) is 0 Å². The molecule has 2 N–H and O–H groups in total. The Morgan fingerprint density at radius 2 is 2.00 bits per heavy atom. The van der Waals surface area contributed by atoms with Crippen LogP contribution in [0.15, 0.2) is 54.7 Å². The zero-order valence-electron chi connectivity index (χ0n) is 11.6. The summed E-state index contributed by atoms with van der Waals surface area (Å²) >= 11 is 0. The zero-order valence-corrected chi connectivity index (χ0v) is 11.6. The van der Waals surface area contributed by atoms with Gasteiger partial charge in [0, 0.05) is 17.1 Å². The lowest BCUT2D eigenvalue weighted by Crippen LogP contribution is -2.21. The van der Waals surface area contributed by atoms with E-state index in [0.717, 1.165) is 29.4 Å². The van der Waals surface area contributed by atoms with Gasteiger partial charge in [0.2, 0.25) is 0 Å². The molecule has 2 aromatic carbocycles. The molecule has 1 aromatic heterocycles. The average Bonchev–Trinajstić information content (AvgIpc) is 2.95. The van der Waals surface area contributed by atoms with E-state index in [4.69, 9.17) is 0 Å². The van der Waals surface area contributed by atoms with Crippen LogP contribution in [0.5, 0.6) is 0 Å². The Hall–Kier alpha value is -2.29. The van der Waals surface area contributed by atoms with E-state index in [-0.39, 0.29) is 0 Å². The number of anilines is 1. The number of H-pyrrole nitrogens is 1. The van der Waals surface area contributed by atoms with Gasteiger partial charge in [-0.15, -0.1) is 0 Å². The van der Waals surface area contributed by atoms with Crippen LogP contribution in [0.3, 0.4) is 0 Å². The number of nitrogens with zero attached hydrogens (tertiary/aromatic N) is 1. The maximum absolute atomic E-state index is 4.06. The molecule has 0 fully saturated rings. The van der Waals surface area contributed by atoms with Gasteiger partial charge in [-0.1, -0.05) is 37.3 Å². The molecule has 0 spiro atoms. The van der Waals surface area contributed by atoms with E-state index < -0.39 is 0 Å². The highest BCUT2D eigenvalue weighted by Crippen LogP contribution is 2.19. The first-order valence-electron chi connectivity index (χ1n) is 7.09. The van der Waals surface area contributed by atoms with Crippen LogP contribution in [0.4, 0.5) is 5.69 Å². The average molecular weight is 265 g/mol. The third kappa shape index (κ3) is 2.82. The van der Waals surface area contributed by atoms with Crippen molar-refractivity contribution in [1.82, 2.24) is 10.2 Å². The zero-order chi connectivity index (χ0) is 13.8. The van der Waals surface area contributed by atoms with Gasteiger partial charge >= 0.3 is 0 Å². The minimum atomic E-state index is 0.442. The summed E-state index contributed by atoms with van der Waals surface area (Å²) in [6.45, 7) is 2.22. The van der Waals surface area contributed by atoms with Crippen molar-refractivity contribution >= 4 is 16.6 Å². The summed E-state index contributed by atoms with van der Waals surface area (Å²) in [6.07, 6.45) is 3.98. The predicted octanol–water partition coefficient (Wildman–Crippen LogP) is 4.00. The summed E-state index contributed by atoms with van der Waals surface area (Å²) < 4.78 is 0. The van der Waals surface area contributed by atoms with E-state index in [1.807, 2.05) is 6.20 Å². The highest BCUT2D eigenvalue weighted by molar-refractivity contribution is 5.81. The van der Waals surface area contributed by atoms with E-state index in [2.05, 4.69) is 71.0 Å². The number of aromatic nitrogens is 2. The van der Waals surface area contributed by atoms with Crippen LogP contribution >= 0.6 is 0 Å². The number of rotatable bonds is 5. The lowest BCUT2D eigenvalue weighted by atomic mass is 10.0. The first-order chi connectivity index (χ1) is 9.85. The normalized spacial score (nSPS) is 12.4. The van der Waals surface area contributed by atoms with Crippen LogP contribution in [0.1, 0.15) is 18.9 Å². The molecule has 3 rings (SSSR count). The third-order valence-corrected chi connectivity index (χ3v) is 3.63. The van der Waals surface area contributed by atoms with Gasteiger partial charge in [-0.05, 0) is 36.6 Å². The number of benzene rings is 2. The summed E-state index contributed by atoms with van der Waals surface area (Å²) in [5.41, 5.74) is 3.59. The molecule has 1 heterocycles. The van der Waals surface area contributed by atoms with Crippen LogP contribution in [0.2, 0.25) is 0 Å². The van der Waals surface area contributed by atoms with Crippen LogP contribution in [-0.2, 0) is 6.42 Å². The fourth-order valence-electron chi connectivity index (χ4n) is 2.46. The van der Waals surface area contributed by atoms with E-state index in [1.165, 1.54) is 5.56 Å². The molecular weight excluding hydrogens is 246 g/mol. The van der Waals surface area contributed by atoms with Crippen molar-refractivity contribution in [1.29, 1.82) is 0 Å². The van der Waals surface area contributed by atoms with Crippen LogP contribution < -0.4 is 5.32 Å². The molecule has 0 saturated heterocycles. The first kappa shape index (κ1) is 12.7. The molecule has 0 amide bonds. The molecule has 0 bridgehead atoms. The minimum absolute atomic E-state index is 0.442. The van der Waals surface area contributed by atoms with Crippen LogP contribution in [-0.4, -0.2) is 16.2 Å². The molecule has 0 aliphatic carbocycles. The van der Waals surface area contributed by atoms with E-state index in [1.54, 1.807) is 0 Å². The molecule has 0 aliphatic heterocycles. The number of hydrogen-bond acceptors (Lipinski definition) is 2. The Labute approximate surface area is 119 Å². The number of aromatic amines is 1. The van der Waals surface area contributed by atoms with Gasteiger partial charge in [0.15, 0.2) is 0 Å². The Bertz CT molecular complexity index is 673. The van der Waals surface area contributed by atoms with Crippen LogP contribution in [0, 0.1) is 0 Å². The first-order valence-corrected chi connectivity index (χ1v) is 7.09. The molecule has 1 atom stereocenters. The predicted molar refractivity (Wildman–Crippen MR) is 83.9 cm³/mol. The lowest BCUT2D eigenvalue weighted by Gasteiger charge is -2.18. The van der Waals surface area contributed by atoms with Gasteiger partial charge in [0.05, 0.1) is 11.7 Å². The highest BCUT2D eigenvalue weighted by atomic mass is 15.1. The van der Waals surface area contributed by atoms with Crippen LogP contribution in [0.25, 0.3) is 10.9 Å². The molecule has 0 saturated carbocycles. The summed E-state index contributed by atoms with van der Waals surface area (Å²) in [4.78, 5) is 0. The van der Waals surface area contributed by atoms with Gasteiger partial charge in [-0.3, -0.25) is 5.10 Å². The van der Waals surface area contributed by atoms with Gasteiger partial charge in [0.1, 0.15) is 0 Å². The molecule has 0 radical (unpaired) electrons. The number of fused-ring (bicyclic) bond motifs is 1. The quantitative estimate of drug-likeness (QED) is 0.732. The second-order valence-corrected chi connectivity index (χ2v) is 5.11. The summed E-state index contributed by atoms with van der Waals surface area (Å²) in [5.74, 6) is 0. The van der Waals surface area contributed by atoms with Crippen molar-refractivity contribution in [3.63, 3.8) is 0 Å². The molecular formula is C17H19N3. The van der Waals surface area contributed by atoms with Gasteiger partial charge in [0.25, 0.3) is 0 Å². The van der Waals surface area contributed by atoms with Crippen molar-refractivity contribution in [3.05, 3.63) is 60.3 Å². The molecule has 1 unspecified atom stereocenters. The molecule has 0 aliphatic rings. The Morgan fingerprint density at radius 1 is 1.15 bits per heavy atom. The van der Waals surface area contributed by atoms with Crippen molar-refractivity contribution < 1.29 is 0 Å². The largest absolute Gasteiger partial charge is 0.382 e. The van der Waals surface area contributed by atoms with Gasteiger partial charge in [-0.2, -0.15) is 5.10 Å². The summed E-state index contributed by atoms with van der Waals surface area (Å²) in [6, 6.07) is 17.4. The summed E-state index contributed by atoms with van der Waals surface area (Å²) in [5, 5.41) is 11.8. The van der Waals surface area contributed by atoms with Crippen molar-refractivity contribution in [3.8, 4) is 0 Å². The maximum atomic E-state index is 4.06. The fourth-order valence-corrected chi connectivity index (χ4v) is 2.46. The third-order valence-electron chi connectivity index (χ3n) is 3.63. The standard InChI is InChI=1S/C17H19N3/c1-2-15(10-13-6-4-3-5-7-13)19-16-9-8-14-12-18-20-17(14)11-16/h3-9,11-12,15,19H,2,10H2,1H3,(H,18,20). The molecule has 3 heteroatoms. The van der Waals surface area contributed by atoms with E-state index >= 15 is 0 Å². The Kier molecular flexibility index (Phi) is 3.68. The number of nitrogens with one attached hydrogen (secondary N) is 2. The van der Waals surface area contributed by atoms with E-state index in [0.29, 0.717) is 6.04 Å². The van der Waals surface area contributed by atoms with Gasteiger partial charge in [-0.25, -0.2) is 0 Å². The smallest absolute Gasteiger partial charge is 0.0670 e.